The number of hydrogen-bond donors (Lipinski definition) is 0. The molecule has 0 spiro atoms. The van der Waals surface area contributed by atoms with Gasteiger partial charge < -0.3 is 0 Å². The Kier molecular flexibility index (Phi) is 2.54. The number of benzene rings is 2. The lowest BCUT2D eigenvalue weighted by atomic mass is 10.1. The van der Waals surface area contributed by atoms with Gasteiger partial charge in [-0.1, -0.05) is 23.7 Å². The summed E-state index contributed by atoms with van der Waals surface area (Å²) in [6.07, 6.45) is 0. The first-order chi connectivity index (χ1) is 8.15. The number of rotatable bonds is 1. The molecular formula is C12H5Cl2NOS. The van der Waals surface area contributed by atoms with Gasteiger partial charge in [-0.25, -0.2) is 4.98 Å². The molecule has 0 aliphatic heterocycles. The van der Waals surface area contributed by atoms with Crippen LogP contribution in [0.15, 0.2) is 30.3 Å². The standard InChI is InChI=1S/C12H5Cl2NOS/c13-11(16)7-1-3-8-6(5-7)2-4-9-10(8)15-12(14)17-9/h1-5H. The molecule has 0 amide bonds. The Morgan fingerprint density at radius 1 is 1.24 bits per heavy atom. The van der Waals surface area contributed by atoms with Crippen LogP contribution in [0.3, 0.4) is 0 Å². The van der Waals surface area contributed by atoms with Crippen molar-refractivity contribution in [2.45, 2.75) is 0 Å². The molecule has 1 heterocycles. The Bertz CT molecular complexity index is 751. The number of halogens is 2. The van der Waals surface area contributed by atoms with E-state index in [1.165, 1.54) is 11.3 Å². The molecule has 2 nitrogen and oxygen atoms in total. The molecule has 2 aromatic carbocycles. The second kappa shape index (κ2) is 3.95. The molecule has 0 atom stereocenters. The third kappa shape index (κ3) is 1.80. The van der Waals surface area contributed by atoms with Crippen molar-refractivity contribution in [2.24, 2.45) is 0 Å². The highest BCUT2D eigenvalue weighted by Crippen LogP contribution is 2.31. The third-order valence-electron chi connectivity index (χ3n) is 2.58. The summed E-state index contributed by atoms with van der Waals surface area (Å²) in [5.41, 5.74) is 1.35. The van der Waals surface area contributed by atoms with Crippen molar-refractivity contribution >= 4 is 60.8 Å². The third-order valence-corrected chi connectivity index (χ3v) is 3.92. The highest BCUT2D eigenvalue weighted by atomic mass is 35.5. The zero-order valence-corrected chi connectivity index (χ0v) is 10.7. The van der Waals surface area contributed by atoms with Gasteiger partial charge in [0.2, 0.25) is 0 Å². The van der Waals surface area contributed by atoms with Gasteiger partial charge in [-0.05, 0) is 35.2 Å². The SMILES string of the molecule is O=C(Cl)c1ccc2c(ccc3sc(Cl)nc32)c1. The van der Waals surface area contributed by atoms with Crippen LogP contribution in [-0.2, 0) is 0 Å². The molecule has 3 rings (SSSR count). The van der Waals surface area contributed by atoms with Crippen molar-refractivity contribution in [1.82, 2.24) is 4.98 Å². The van der Waals surface area contributed by atoms with Gasteiger partial charge in [-0.3, -0.25) is 4.79 Å². The number of hydrogen-bond acceptors (Lipinski definition) is 3. The van der Waals surface area contributed by atoms with Crippen molar-refractivity contribution in [1.29, 1.82) is 0 Å². The minimum atomic E-state index is -0.455. The first kappa shape index (κ1) is 11.0. The van der Waals surface area contributed by atoms with Crippen LogP contribution < -0.4 is 0 Å². The van der Waals surface area contributed by atoms with Crippen LogP contribution in [0.2, 0.25) is 4.47 Å². The molecule has 0 fully saturated rings. The molecule has 0 unspecified atom stereocenters. The smallest absolute Gasteiger partial charge is 0.252 e. The maximum atomic E-state index is 11.1. The van der Waals surface area contributed by atoms with Gasteiger partial charge in [0.05, 0.1) is 10.2 Å². The normalized spacial score (nSPS) is 11.2. The van der Waals surface area contributed by atoms with Crippen molar-refractivity contribution in [3.8, 4) is 0 Å². The van der Waals surface area contributed by atoms with E-state index >= 15 is 0 Å². The quantitative estimate of drug-likeness (QED) is 0.616. The molecule has 5 heteroatoms. The minimum absolute atomic E-state index is 0.455. The summed E-state index contributed by atoms with van der Waals surface area (Å²) >= 11 is 12.8. The summed E-state index contributed by atoms with van der Waals surface area (Å²) in [6.45, 7) is 0. The lowest BCUT2D eigenvalue weighted by Crippen LogP contribution is -1.88. The van der Waals surface area contributed by atoms with E-state index in [0.29, 0.717) is 10.0 Å². The summed E-state index contributed by atoms with van der Waals surface area (Å²) in [5.74, 6) is 0. The van der Waals surface area contributed by atoms with E-state index in [-0.39, 0.29) is 0 Å². The predicted octanol–water partition coefficient (Wildman–Crippen LogP) is 4.48. The molecular weight excluding hydrogens is 277 g/mol. The monoisotopic (exact) mass is 281 g/mol. The van der Waals surface area contributed by atoms with Gasteiger partial charge in [0.1, 0.15) is 0 Å². The first-order valence-corrected chi connectivity index (χ1v) is 6.41. The number of nitrogens with zero attached hydrogens (tertiary/aromatic N) is 1. The molecule has 0 saturated carbocycles. The van der Waals surface area contributed by atoms with Crippen molar-refractivity contribution in [3.05, 3.63) is 40.4 Å². The summed E-state index contributed by atoms with van der Waals surface area (Å²) in [7, 11) is 0. The Morgan fingerprint density at radius 3 is 2.82 bits per heavy atom. The summed E-state index contributed by atoms with van der Waals surface area (Å²) < 4.78 is 1.55. The Morgan fingerprint density at radius 2 is 2.06 bits per heavy atom. The van der Waals surface area contributed by atoms with E-state index in [0.717, 1.165) is 21.0 Å². The van der Waals surface area contributed by atoms with E-state index in [1.807, 2.05) is 18.2 Å². The van der Waals surface area contributed by atoms with Gasteiger partial charge in [0.15, 0.2) is 4.47 Å². The largest absolute Gasteiger partial charge is 0.276 e. The van der Waals surface area contributed by atoms with Crippen LogP contribution >= 0.6 is 34.5 Å². The maximum absolute atomic E-state index is 11.1. The second-order valence-electron chi connectivity index (χ2n) is 3.59. The van der Waals surface area contributed by atoms with Crippen molar-refractivity contribution in [3.63, 3.8) is 0 Å². The van der Waals surface area contributed by atoms with Crippen LogP contribution in [0.1, 0.15) is 10.4 Å². The average Bonchev–Trinajstić information content (AvgIpc) is 2.69. The molecule has 0 aliphatic carbocycles. The maximum Gasteiger partial charge on any atom is 0.252 e. The van der Waals surface area contributed by atoms with Gasteiger partial charge in [0, 0.05) is 10.9 Å². The van der Waals surface area contributed by atoms with Crippen LogP contribution in [0.5, 0.6) is 0 Å². The second-order valence-corrected chi connectivity index (χ2v) is 5.54. The minimum Gasteiger partial charge on any atom is -0.276 e. The molecule has 0 saturated heterocycles. The zero-order valence-electron chi connectivity index (χ0n) is 8.41. The van der Waals surface area contributed by atoms with E-state index in [1.54, 1.807) is 12.1 Å². The van der Waals surface area contributed by atoms with Crippen molar-refractivity contribution in [2.75, 3.05) is 0 Å². The molecule has 1 aromatic heterocycles. The van der Waals surface area contributed by atoms with Crippen LogP contribution in [0, 0.1) is 0 Å². The molecule has 84 valence electrons. The number of aromatic nitrogens is 1. The average molecular weight is 282 g/mol. The van der Waals surface area contributed by atoms with E-state index in [2.05, 4.69) is 4.98 Å². The Hall–Kier alpha value is -1.16. The fourth-order valence-corrected chi connectivity index (χ4v) is 2.97. The molecule has 0 aliphatic rings. The molecule has 3 aromatic rings. The van der Waals surface area contributed by atoms with E-state index in [9.17, 15) is 4.79 Å². The lowest BCUT2D eigenvalue weighted by Gasteiger charge is -2.00. The molecule has 17 heavy (non-hydrogen) atoms. The highest BCUT2D eigenvalue weighted by molar-refractivity contribution is 7.22. The van der Waals surface area contributed by atoms with E-state index in [4.69, 9.17) is 23.2 Å². The van der Waals surface area contributed by atoms with Crippen LogP contribution in [0.4, 0.5) is 0 Å². The predicted molar refractivity (Wildman–Crippen MR) is 72.3 cm³/mol. The Labute approximate surface area is 111 Å². The topological polar surface area (TPSA) is 30.0 Å². The van der Waals surface area contributed by atoms with Crippen LogP contribution in [-0.4, -0.2) is 10.2 Å². The fourth-order valence-electron chi connectivity index (χ4n) is 1.81. The number of carbonyl (C=O) groups excluding carboxylic acids is 1. The molecule has 0 N–H and O–H groups in total. The van der Waals surface area contributed by atoms with E-state index < -0.39 is 5.24 Å². The summed E-state index contributed by atoms with van der Waals surface area (Å²) in [5, 5.41) is 1.46. The van der Waals surface area contributed by atoms with Crippen molar-refractivity contribution < 1.29 is 4.79 Å². The highest BCUT2D eigenvalue weighted by Gasteiger charge is 2.08. The van der Waals surface area contributed by atoms with Gasteiger partial charge in [0.25, 0.3) is 5.24 Å². The zero-order chi connectivity index (χ0) is 12.0. The van der Waals surface area contributed by atoms with Gasteiger partial charge >= 0.3 is 0 Å². The number of thiazole rings is 1. The molecule has 0 bridgehead atoms. The summed E-state index contributed by atoms with van der Waals surface area (Å²) in [4.78, 5) is 15.4. The summed E-state index contributed by atoms with van der Waals surface area (Å²) in [6, 6.07) is 9.20. The lowest BCUT2D eigenvalue weighted by molar-refractivity contribution is 0.108. The number of fused-ring (bicyclic) bond motifs is 3. The van der Waals surface area contributed by atoms with Gasteiger partial charge in [-0.15, -0.1) is 11.3 Å². The van der Waals surface area contributed by atoms with Crippen LogP contribution in [0.25, 0.3) is 21.0 Å². The fraction of sp³-hybridized carbons (Fsp3) is 0. The molecule has 0 radical (unpaired) electrons. The number of carbonyl (C=O) groups is 1. The first-order valence-electron chi connectivity index (χ1n) is 4.84. The Balaban J connectivity index is 2.40. The van der Waals surface area contributed by atoms with Gasteiger partial charge in [-0.2, -0.15) is 0 Å².